The molecule has 6 nitrogen and oxygen atoms in total. The van der Waals surface area contributed by atoms with Gasteiger partial charge in [0.2, 0.25) is 5.95 Å². The predicted molar refractivity (Wildman–Crippen MR) is 114 cm³/mol. The van der Waals surface area contributed by atoms with E-state index in [9.17, 15) is 0 Å². The number of hydrogen-bond acceptors (Lipinski definition) is 7. The Morgan fingerprint density at radius 1 is 1.18 bits per heavy atom. The van der Waals surface area contributed by atoms with Gasteiger partial charge in [-0.25, -0.2) is 15.0 Å². The molecule has 2 aromatic heterocycles. The smallest absolute Gasteiger partial charge is 0.228 e. The summed E-state index contributed by atoms with van der Waals surface area (Å²) in [6.07, 6.45) is 8.17. The van der Waals surface area contributed by atoms with Crippen molar-refractivity contribution in [3.05, 3.63) is 47.0 Å². The SMILES string of the molecule is CC1=C(c2ccnc(Nc3ccc4c(n3)CCNC4)n2)SCN1C1CCCC1. The lowest BCUT2D eigenvalue weighted by molar-refractivity contribution is 0.303. The molecule has 2 N–H and O–H groups in total. The summed E-state index contributed by atoms with van der Waals surface area (Å²) in [6.45, 7) is 4.12. The van der Waals surface area contributed by atoms with Crippen molar-refractivity contribution in [2.45, 2.75) is 51.6 Å². The molecule has 28 heavy (non-hydrogen) atoms. The maximum atomic E-state index is 4.79. The van der Waals surface area contributed by atoms with Gasteiger partial charge in [0.15, 0.2) is 0 Å². The molecule has 0 unspecified atom stereocenters. The molecule has 0 saturated heterocycles. The van der Waals surface area contributed by atoms with Crippen molar-refractivity contribution in [3.8, 4) is 0 Å². The summed E-state index contributed by atoms with van der Waals surface area (Å²) in [6, 6.07) is 6.87. The second-order valence-corrected chi connectivity index (χ2v) is 8.67. The Labute approximate surface area is 170 Å². The Bertz CT molecular complexity index is 906. The summed E-state index contributed by atoms with van der Waals surface area (Å²) in [7, 11) is 0. The van der Waals surface area contributed by atoms with Crippen LogP contribution in [0.1, 0.15) is 49.6 Å². The standard InChI is InChI=1S/C21H26N6S/c1-14-20(28-13-27(14)16-4-2-3-5-16)18-9-11-23-21(25-18)26-19-7-6-15-12-22-10-8-17(15)24-19/h6-7,9,11,16,22H,2-5,8,10,12-13H2,1H3,(H,23,24,25,26). The van der Waals surface area contributed by atoms with Crippen LogP contribution in [0, 0.1) is 0 Å². The first-order valence-corrected chi connectivity index (χ1v) is 11.2. The van der Waals surface area contributed by atoms with Gasteiger partial charge >= 0.3 is 0 Å². The van der Waals surface area contributed by atoms with E-state index in [2.05, 4.69) is 33.5 Å². The number of nitrogens with one attached hydrogen (secondary N) is 2. The highest BCUT2D eigenvalue weighted by Gasteiger charge is 2.29. The molecule has 7 heteroatoms. The van der Waals surface area contributed by atoms with E-state index in [1.165, 1.54) is 41.8 Å². The fourth-order valence-electron chi connectivity index (χ4n) is 4.39. The Morgan fingerprint density at radius 2 is 2.07 bits per heavy atom. The van der Waals surface area contributed by atoms with Crippen LogP contribution in [0.25, 0.3) is 4.91 Å². The number of anilines is 2. The average molecular weight is 395 g/mol. The maximum Gasteiger partial charge on any atom is 0.228 e. The van der Waals surface area contributed by atoms with E-state index in [4.69, 9.17) is 9.97 Å². The Kier molecular flexibility index (Phi) is 4.94. The Hall–Kier alpha value is -2.12. The number of rotatable bonds is 4. The molecule has 0 aromatic carbocycles. The van der Waals surface area contributed by atoms with Gasteiger partial charge in [-0.2, -0.15) is 0 Å². The molecule has 1 aliphatic carbocycles. The summed E-state index contributed by atoms with van der Waals surface area (Å²) >= 11 is 1.90. The molecule has 5 rings (SSSR count). The highest BCUT2D eigenvalue weighted by molar-refractivity contribution is 8.08. The number of nitrogens with zero attached hydrogens (tertiary/aromatic N) is 4. The van der Waals surface area contributed by atoms with Crippen LogP contribution in [0.3, 0.4) is 0 Å². The van der Waals surface area contributed by atoms with Gasteiger partial charge in [-0.05, 0) is 37.5 Å². The second kappa shape index (κ2) is 7.72. The molecule has 146 valence electrons. The first-order chi connectivity index (χ1) is 13.8. The molecule has 2 aromatic rings. The zero-order valence-electron chi connectivity index (χ0n) is 16.2. The van der Waals surface area contributed by atoms with Gasteiger partial charge in [0.25, 0.3) is 0 Å². The first kappa shape index (κ1) is 17.9. The van der Waals surface area contributed by atoms with Crippen molar-refractivity contribution in [1.82, 2.24) is 25.2 Å². The first-order valence-electron chi connectivity index (χ1n) is 10.2. The maximum absolute atomic E-state index is 4.79. The van der Waals surface area contributed by atoms with Crippen LogP contribution in [-0.2, 0) is 13.0 Å². The van der Waals surface area contributed by atoms with Crippen LogP contribution >= 0.6 is 11.8 Å². The summed E-state index contributed by atoms with van der Waals surface area (Å²) in [5.74, 6) is 2.47. The second-order valence-electron chi connectivity index (χ2n) is 7.72. The molecule has 2 aliphatic heterocycles. The van der Waals surface area contributed by atoms with E-state index in [1.807, 2.05) is 30.1 Å². The van der Waals surface area contributed by atoms with Crippen LogP contribution in [0.2, 0.25) is 0 Å². The van der Waals surface area contributed by atoms with Gasteiger partial charge in [-0.1, -0.05) is 18.9 Å². The number of allylic oxidation sites excluding steroid dienone is 1. The van der Waals surface area contributed by atoms with Crippen LogP contribution < -0.4 is 10.6 Å². The number of hydrogen-bond donors (Lipinski definition) is 2. The van der Waals surface area contributed by atoms with E-state index in [0.717, 1.165) is 42.6 Å². The summed E-state index contributed by atoms with van der Waals surface area (Å²) in [5, 5.41) is 6.68. The topological polar surface area (TPSA) is 66.0 Å². The monoisotopic (exact) mass is 394 g/mol. The van der Waals surface area contributed by atoms with E-state index < -0.39 is 0 Å². The molecular formula is C21H26N6S. The van der Waals surface area contributed by atoms with Gasteiger partial charge in [-0.15, -0.1) is 11.8 Å². The largest absolute Gasteiger partial charge is 0.361 e. The Balaban J connectivity index is 1.36. The summed E-state index contributed by atoms with van der Waals surface area (Å²) in [4.78, 5) is 17.8. The molecule has 0 bridgehead atoms. The zero-order valence-corrected chi connectivity index (χ0v) is 17.1. The molecule has 0 radical (unpaired) electrons. The van der Waals surface area contributed by atoms with Gasteiger partial charge in [-0.3, -0.25) is 0 Å². The van der Waals surface area contributed by atoms with Crippen LogP contribution in [0.5, 0.6) is 0 Å². The highest BCUT2D eigenvalue weighted by Crippen LogP contribution is 2.42. The van der Waals surface area contributed by atoms with Gasteiger partial charge in [0.1, 0.15) is 5.82 Å². The fraction of sp³-hybridized carbons (Fsp3) is 0.476. The summed E-state index contributed by atoms with van der Waals surface area (Å²) < 4.78 is 0. The molecule has 1 fully saturated rings. The lowest BCUT2D eigenvalue weighted by atomic mass is 10.1. The third kappa shape index (κ3) is 3.49. The minimum absolute atomic E-state index is 0.610. The minimum atomic E-state index is 0.610. The van der Waals surface area contributed by atoms with Crippen molar-refractivity contribution < 1.29 is 0 Å². The van der Waals surface area contributed by atoms with Crippen LogP contribution in [0.4, 0.5) is 11.8 Å². The Morgan fingerprint density at radius 3 is 2.96 bits per heavy atom. The quantitative estimate of drug-likeness (QED) is 0.815. The number of fused-ring (bicyclic) bond motifs is 1. The van der Waals surface area contributed by atoms with Gasteiger partial charge in [0.05, 0.1) is 16.5 Å². The molecule has 4 heterocycles. The van der Waals surface area contributed by atoms with Gasteiger partial charge < -0.3 is 15.5 Å². The van der Waals surface area contributed by atoms with Gasteiger partial charge in [0, 0.05) is 43.1 Å². The van der Waals surface area contributed by atoms with Crippen molar-refractivity contribution in [2.24, 2.45) is 0 Å². The predicted octanol–water partition coefficient (Wildman–Crippen LogP) is 3.90. The zero-order chi connectivity index (χ0) is 18.9. The third-order valence-corrected chi connectivity index (χ3v) is 7.12. The molecule has 0 amide bonds. The normalized spacial score (nSPS) is 20.0. The van der Waals surface area contributed by atoms with E-state index >= 15 is 0 Å². The van der Waals surface area contributed by atoms with Crippen molar-refractivity contribution in [2.75, 3.05) is 17.7 Å². The third-order valence-electron chi connectivity index (χ3n) is 5.92. The number of aromatic nitrogens is 3. The van der Waals surface area contributed by atoms with E-state index in [0.29, 0.717) is 12.0 Å². The average Bonchev–Trinajstić information content (AvgIpc) is 3.38. The fourth-order valence-corrected chi connectivity index (χ4v) is 5.65. The molecular weight excluding hydrogens is 368 g/mol. The van der Waals surface area contributed by atoms with Crippen molar-refractivity contribution in [3.63, 3.8) is 0 Å². The minimum Gasteiger partial charge on any atom is -0.361 e. The van der Waals surface area contributed by atoms with E-state index in [1.54, 1.807) is 0 Å². The van der Waals surface area contributed by atoms with Crippen LogP contribution in [0.15, 0.2) is 30.1 Å². The van der Waals surface area contributed by atoms with Crippen molar-refractivity contribution in [1.29, 1.82) is 0 Å². The number of pyridine rings is 1. The van der Waals surface area contributed by atoms with Crippen LogP contribution in [-0.4, -0.2) is 38.3 Å². The van der Waals surface area contributed by atoms with E-state index in [-0.39, 0.29) is 0 Å². The lowest BCUT2D eigenvalue weighted by Crippen LogP contribution is -2.28. The molecule has 0 spiro atoms. The van der Waals surface area contributed by atoms with Crippen molar-refractivity contribution >= 4 is 28.4 Å². The molecule has 1 saturated carbocycles. The molecule has 0 atom stereocenters. The summed E-state index contributed by atoms with van der Waals surface area (Å²) in [5.41, 5.74) is 4.81. The number of thioether (sulfide) groups is 1. The highest BCUT2D eigenvalue weighted by atomic mass is 32.2. The molecule has 3 aliphatic rings. The lowest BCUT2D eigenvalue weighted by Gasteiger charge is -2.26.